The molecule has 3 rings (SSSR count). The summed E-state index contributed by atoms with van der Waals surface area (Å²) in [5.74, 6) is -2.30. The molecule has 7 nitrogen and oxygen atoms in total. The van der Waals surface area contributed by atoms with Gasteiger partial charge in [0, 0.05) is 12.1 Å². The number of aryl methyl sites for hydroxylation is 1. The number of imide groups is 1. The van der Waals surface area contributed by atoms with Gasteiger partial charge in [0.1, 0.15) is 6.54 Å². The first-order valence-electron chi connectivity index (χ1n) is 8.91. The molecule has 1 saturated carbocycles. The molecule has 2 unspecified atom stereocenters. The van der Waals surface area contributed by atoms with Crippen molar-refractivity contribution < 1.29 is 24.3 Å². The highest BCUT2D eigenvalue weighted by Crippen LogP contribution is 2.37. The zero-order chi connectivity index (χ0) is 18.7. The highest BCUT2D eigenvalue weighted by Gasteiger charge is 2.48. The number of carboxylic acids is 1. The van der Waals surface area contributed by atoms with E-state index in [9.17, 15) is 19.2 Å². The second-order valence-electron chi connectivity index (χ2n) is 6.90. The minimum atomic E-state index is -0.882. The Hall–Kier alpha value is -2.70. The predicted octanol–water partition coefficient (Wildman–Crippen LogP) is 1.82. The maximum absolute atomic E-state index is 12.4. The summed E-state index contributed by atoms with van der Waals surface area (Å²) >= 11 is 0. The molecule has 3 amide bonds. The van der Waals surface area contributed by atoms with Crippen LogP contribution in [0.3, 0.4) is 0 Å². The fourth-order valence-electron chi connectivity index (χ4n) is 3.79. The van der Waals surface area contributed by atoms with E-state index in [0.29, 0.717) is 12.1 Å². The molecule has 1 heterocycles. The second kappa shape index (κ2) is 7.68. The average molecular weight is 358 g/mol. The van der Waals surface area contributed by atoms with Gasteiger partial charge < -0.3 is 10.4 Å². The maximum Gasteiger partial charge on any atom is 0.303 e. The second-order valence-corrected chi connectivity index (χ2v) is 6.90. The molecule has 0 spiro atoms. The van der Waals surface area contributed by atoms with E-state index in [1.807, 2.05) is 0 Å². The van der Waals surface area contributed by atoms with Crippen LogP contribution in [0.2, 0.25) is 0 Å². The molecule has 1 saturated heterocycles. The van der Waals surface area contributed by atoms with E-state index in [1.54, 1.807) is 24.3 Å². The van der Waals surface area contributed by atoms with Crippen LogP contribution in [0.5, 0.6) is 0 Å². The molecule has 1 aromatic carbocycles. The summed E-state index contributed by atoms with van der Waals surface area (Å²) in [5.41, 5.74) is 1.32. The van der Waals surface area contributed by atoms with Crippen molar-refractivity contribution in [2.75, 3.05) is 11.9 Å². The Morgan fingerprint density at radius 1 is 1.12 bits per heavy atom. The predicted molar refractivity (Wildman–Crippen MR) is 93.2 cm³/mol. The Balaban J connectivity index is 1.60. The van der Waals surface area contributed by atoms with Crippen LogP contribution in [0.1, 0.15) is 37.7 Å². The number of hydrogen-bond donors (Lipinski definition) is 2. The molecule has 1 aromatic rings. The maximum atomic E-state index is 12.4. The Kier molecular flexibility index (Phi) is 5.35. The van der Waals surface area contributed by atoms with E-state index >= 15 is 0 Å². The zero-order valence-electron chi connectivity index (χ0n) is 14.4. The van der Waals surface area contributed by atoms with Gasteiger partial charge in [-0.15, -0.1) is 0 Å². The zero-order valence-corrected chi connectivity index (χ0v) is 14.4. The topological polar surface area (TPSA) is 104 Å². The number of carbonyl (C=O) groups is 4. The first-order chi connectivity index (χ1) is 12.5. The quantitative estimate of drug-likeness (QED) is 0.755. The van der Waals surface area contributed by atoms with Crippen molar-refractivity contribution in [2.24, 2.45) is 11.8 Å². The summed E-state index contributed by atoms with van der Waals surface area (Å²) in [5, 5.41) is 11.4. The molecule has 138 valence electrons. The number of aliphatic carboxylic acids is 1. The van der Waals surface area contributed by atoms with Gasteiger partial charge in [0.05, 0.1) is 11.8 Å². The van der Waals surface area contributed by atoms with Crippen LogP contribution in [-0.2, 0) is 25.6 Å². The molecular weight excluding hydrogens is 336 g/mol. The summed E-state index contributed by atoms with van der Waals surface area (Å²) in [6, 6.07) is 6.91. The minimum Gasteiger partial charge on any atom is -0.481 e. The van der Waals surface area contributed by atoms with Gasteiger partial charge in [0.15, 0.2) is 0 Å². The number of anilines is 1. The third-order valence-corrected chi connectivity index (χ3v) is 5.07. The number of fused-ring (bicyclic) bond motifs is 1. The number of nitrogens with zero attached hydrogens (tertiary/aromatic N) is 1. The van der Waals surface area contributed by atoms with Crippen molar-refractivity contribution in [2.45, 2.75) is 38.5 Å². The Morgan fingerprint density at radius 2 is 1.77 bits per heavy atom. The third kappa shape index (κ3) is 3.92. The van der Waals surface area contributed by atoms with Gasteiger partial charge in [0.25, 0.3) is 0 Å². The van der Waals surface area contributed by atoms with Crippen molar-refractivity contribution >= 4 is 29.4 Å². The Labute approximate surface area is 151 Å². The number of carboxylic acid groups (broad SMARTS) is 1. The summed E-state index contributed by atoms with van der Waals surface area (Å²) < 4.78 is 0. The Bertz CT molecular complexity index is 721. The van der Waals surface area contributed by atoms with Crippen LogP contribution in [-0.4, -0.2) is 40.2 Å². The van der Waals surface area contributed by atoms with Crippen LogP contribution in [0.15, 0.2) is 24.3 Å². The Morgan fingerprint density at radius 3 is 2.38 bits per heavy atom. The van der Waals surface area contributed by atoms with Gasteiger partial charge in [-0.25, -0.2) is 0 Å². The van der Waals surface area contributed by atoms with Gasteiger partial charge in [-0.2, -0.15) is 0 Å². The van der Waals surface area contributed by atoms with Gasteiger partial charge in [-0.3, -0.25) is 24.1 Å². The molecular formula is C19H22N2O5. The minimum absolute atomic E-state index is 0.0109. The van der Waals surface area contributed by atoms with Crippen LogP contribution in [0.25, 0.3) is 0 Å². The summed E-state index contributed by atoms with van der Waals surface area (Å²) in [6.45, 7) is -0.274. The van der Waals surface area contributed by atoms with Crippen LogP contribution in [0.4, 0.5) is 5.69 Å². The smallest absolute Gasteiger partial charge is 0.303 e. The summed E-state index contributed by atoms with van der Waals surface area (Å²) in [7, 11) is 0. The van der Waals surface area contributed by atoms with E-state index in [1.165, 1.54) is 0 Å². The van der Waals surface area contributed by atoms with E-state index in [2.05, 4.69) is 5.32 Å². The summed E-state index contributed by atoms with van der Waals surface area (Å²) in [6.07, 6.45) is 3.72. The highest BCUT2D eigenvalue weighted by molar-refractivity contribution is 6.08. The molecule has 0 radical (unpaired) electrons. The molecule has 1 aliphatic heterocycles. The van der Waals surface area contributed by atoms with E-state index in [4.69, 9.17) is 5.11 Å². The van der Waals surface area contributed by atoms with Crippen molar-refractivity contribution in [1.82, 2.24) is 4.90 Å². The first kappa shape index (κ1) is 18.1. The summed E-state index contributed by atoms with van der Waals surface area (Å²) in [4.78, 5) is 48.9. The lowest BCUT2D eigenvalue weighted by atomic mass is 9.81. The van der Waals surface area contributed by atoms with Crippen molar-refractivity contribution in [3.8, 4) is 0 Å². The lowest BCUT2D eigenvalue weighted by Gasteiger charge is -2.19. The van der Waals surface area contributed by atoms with Crippen LogP contribution in [0, 0.1) is 11.8 Å². The number of hydrogen-bond acceptors (Lipinski definition) is 4. The molecule has 2 aliphatic rings. The monoisotopic (exact) mass is 358 g/mol. The number of likely N-dealkylation sites (tertiary alicyclic amines) is 1. The molecule has 0 bridgehead atoms. The van der Waals surface area contributed by atoms with Gasteiger partial charge in [0.2, 0.25) is 17.7 Å². The molecule has 2 atom stereocenters. The van der Waals surface area contributed by atoms with Crippen molar-refractivity contribution in [1.29, 1.82) is 0 Å². The van der Waals surface area contributed by atoms with E-state index in [0.717, 1.165) is 36.1 Å². The number of carbonyl (C=O) groups excluding carboxylic acids is 3. The largest absolute Gasteiger partial charge is 0.481 e. The van der Waals surface area contributed by atoms with E-state index in [-0.39, 0.29) is 36.6 Å². The standard InChI is InChI=1S/C19H22N2O5/c22-16(20-13-5-3-4-12(10-13)8-9-17(23)24)11-21-18(25)14-6-1-2-7-15(14)19(21)26/h3-5,10,14-15H,1-2,6-9,11H2,(H,20,22)(H,23,24). The molecule has 7 heteroatoms. The molecule has 26 heavy (non-hydrogen) atoms. The average Bonchev–Trinajstić information content (AvgIpc) is 2.86. The fourth-order valence-corrected chi connectivity index (χ4v) is 3.79. The first-order valence-corrected chi connectivity index (χ1v) is 8.91. The lowest BCUT2D eigenvalue weighted by molar-refractivity contribution is -0.142. The lowest BCUT2D eigenvalue weighted by Crippen LogP contribution is -2.38. The van der Waals surface area contributed by atoms with Gasteiger partial charge >= 0.3 is 5.97 Å². The number of rotatable bonds is 6. The van der Waals surface area contributed by atoms with Crippen molar-refractivity contribution in [3.05, 3.63) is 29.8 Å². The molecule has 1 aliphatic carbocycles. The number of amides is 3. The van der Waals surface area contributed by atoms with Crippen LogP contribution >= 0.6 is 0 Å². The normalized spacial score (nSPS) is 22.2. The number of benzene rings is 1. The van der Waals surface area contributed by atoms with Gasteiger partial charge in [-0.05, 0) is 37.0 Å². The SMILES string of the molecule is O=C(O)CCc1cccc(NC(=O)CN2C(=O)C3CCCCC3C2=O)c1. The fraction of sp³-hybridized carbons (Fsp3) is 0.474. The van der Waals surface area contributed by atoms with Gasteiger partial charge in [-0.1, -0.05) is 25.0 Å². The molecule has 0 aromatic heterocycles. The number of nitrogens with one attached hydrogen (secondary N) is 1. The molecule has 2 N–H and O–H groups in total. The van der Waals surface area contributed by atoms with Crippen LogP contribution < -0.4 is 5.32 Å². The molecule has 2 fully saturated rings. The highest BCUT2D eigenvalue weighted by atomic mass is 16.4. The van der Waals surface area contributed by atoms with E-state index < -0.39 is 11.9 Å². The third-order valence-electron chi connectivity index (χ3n) is 5.07. The van der Waals surface area contributed by atoms with Crippen molar-refractivity contribution in [3.63, 3.8) is 0 Å².